The third-order valence-electron chi connectivity index (χ3n) is 7.07. The van der Waals surface area contributed by atoms with E-state index in [0.717, 1.165) is 24.8 Å². The fourth-order valence-corrected chi connectivity index (χ4v) is 6.43. The molecule has 4 aliphatic carbocycles. The maximum Gasteiger partial charge on any atom is 0.153 e. The van der Waals surface area contributed by atoms with Crippen LogP contribution in [0.25, 0.3) is 0 Å². The van der Waals surface area contributed by atoms with E-state index in [1.54, 1.807) is 6.07 Å². The number of hydrogen-bond donors (Lipinski definition) is 0. The molecule has 4 bridgehead atoms. The summed E-state index contributed by atoms with van der Waals surface area (Å²) in [5, 5.41) is 0. The minimum Gasteiger partial charge on any atom is -0.488 e. The van der Waals surface area contributed by atoms with E-state index in [-0.39, 0.29) is 16.8 Å². The second-order valence-corrected chi connectivity index (χ2v) is 8.93. The van der Waals surface area contributed by atoms with Crippen molar-refractivity contribution in [1.29, 1.82) is 0 Å². The van der Waals surface area contributed by atoms with Crippen LogP contribution in [0.4, 0.5) is 4.39 Å². The lowest BCUT2D eigenvalue weighted by Crippen LogP contribution is -2.49. The second kappa shape index (κ2) is 6.47. The standard InChI is InChI=1S/C24H25FO2/c25-23-20(14-26)6-7-21(27-15-16-4-2-1-3-5-16)22(23)24-11-17-8-18(12-24)10-19(9-17)13-24/h1-7,14,17-19H,8-13,15H2. The van der Waals surface area contributed by atoms with E-state index in [1.165, 1.54) is 19.3 Å². The highest BCUT2D eigenvalue weighted by Crippen LogP contribution is 2.62. The number of carbonyl (C=O) groups excluding carboxylic acids is 1. The van der Waals surface area contributed by atoms with Crippen molar-refractivity contribution in [3.05, 3.63) is 65.0 Å². The Morgan fingerprint density at radius 3 is 2.19 bits per heavy atom. The molecule has 0 heterocycles. The van der Waals surface area contributed by atoms with Crippen molar-refractivity contribution in [3.8, 4) is 5.75 Å². The van der Waals surface area contributed by atoms with Crippen LogP contribution in [0.2, 0.25) is 0 Å². The second-order valence-electron chi connectivity index (χ2n) is 8.93. The highest BCUT2D eigenvalue weighted by Gasteiger charge is 2.53. The molecule has 27 heavy (non-hydrogen) atoms. The van der Waals surface area contributed by atoms with Crippen LogP contribution in [0, 0.1) is 23.6 Å². The van der Waals surface area contributed by atoms with Gasteiger partial charge in [0.05, 0.1) is 5.56 Å². The predicted octanol–water partition coefficient (Wildman–Crippen LogP) is 5.69. The van der Waals surface area contributed by atoms with Crippen molar-refractivity contribution in [3.63, 3.8) is 0 Å². The fourth-order valence-electron chi connectivity index (χ4n) is 6.43. The first-order valence-electron chi connectivity index (χ1n) is 10.1. The SMILES string of the molecule is O=Cc1ccc(OCc2ccccc2)c(C23CC4CC(CC(C4)C2)C3)c1F. The largest absolute Gasteiger partial charge is 0.488 e. The van der Waals surface area contributed by atoms with Gasteiger partial charge >= 0.3 is 0 Å². The molecule has 140 valence electrons. The average molecular weight is 364 g/mol. The smallest absolute Gasteiger partial charge is 0.153 e. The lowest BCUT2D eigenvalue weighted by Gasteiger charge is -2.57. The van der Waals surface area contributed by atoms with Crippen LogP contribution in [-0.2, 0) is 12.0 Å². The third kappa shape index (κ3) is 2.88. The summed E-state index contributed by atoms with van der Waals surface area (Å²) >= 11 is 0. The van der Waals surface area contributed by atoms with Crippen molar-refractivity contribution < 1.29 is 13.9 Å². The van der Waals surface area contributed by atoms with E-state index < -0.39 is 0 Å². The van der Waals surface area contributed by atoms with E-state index in [9.17, 15) is 4.79 Å². The minimum absolute atomic E-state index is 0.149. The Hall–Kier alpha value is -2.16. The van der Waals surface area contributed by atoms with Crippen molar-refractivity contribution in [2.75, 3.05) is 0 Å². The molecule has 4 aliphatic rings. The molecule has 0 spiro atoms. The van der Waals surface area contributed by atoms with Gasteiger partial charge in [0.1, 0.15) is 18.2 Å². The van der Waals surface area contributed by atoms with Crippen LogP contribution in [0.15, 0.2) is 42.5 Å². The third-order valence-corrected chi connectivity index (χ3v) is 7.07. The lowest BCUT2D eigenvalue weighted by molar-refractivity contribution is -0.00814. The molecule has 0 saturated heterocycles. The van der Waals surface area contributed by atoms with Gasteiger partial charge in [-0.25, -0.2) is 4.39 Å². The van der Waals surface area contributed by atoms with Crippen LogP contribution in [0.3, 0.4) is 0 Å². The summed E-state index contributed by atoms with van der Waals surface area (Å²) < 4.78 is 21.6. The number of rotatable bonds is 5. The van der Waals surface area contributed by atoms with Crippen molar-refractivity contribution in [1.82, 2.24) is 0 Å². The van der Waals surface area contributed by atoms with E-state index in [4.69, 9.17) is 4.74 Å². The zero-order valence-corrected chi connectivity index (χ0v) is 15.5. The normalized spacial score (nSPS) is 31.1. The van der Waals surface area contributed by atoms with Gasteiger partial charge in [0, 0.05) is 11.0 Å². The molecule has 0 aliphatic heterocycles. The Kier molecular flexibility index (Phi) is 4.07. The molecule has 2 aromatic rings. The minimum atomic E-state index is -0.350. The Morgan fingerprint density at radius 2 is 1.59 bits per heavy atom. The molecule has 2 aromatic carbocycles. The molecule has 2 nitrogen and oxygen atoms in total. The topological polar surface area (TPSA) is 26.3 Å². The number of carbonyl (C=O) groups is 1. The van der Waals surface area contributed by atoms with E-state index in [1.807, 2.05) is 36.4 Å². The van der Waals surface area contributed by atoms with Crippen molar-refractivity contribution in [2.45, 2.75) is 50.5 Å². The fraction of sp³-hybridized carbons (Fsp3) is 0.458. The Bertz CT molecular complexity index is 823. The Morgan fingerprint density at radius 1 is 0.963 bits per heavy atom. The maximum absolute atomic E-state index is 15.5. The van der Waals surface area contributed by atoms with Gasteiger partial charge in [0.25, 0.3) is 0 Å². The number of ether oxygens (including phenoxy) is 1. The zero-order valence-electron chi connectivity index (χ0n) is 15.5. The Balaban J connectivity index is 1.55. The summed E-state index contributed by atoms with van der Waals surface area (Å²) in [4.78, 5) is 11.4. The van der Waals surface area contributed by atoms with Crippen LogP contribution in [-0.4, -0.2) is 6.29 Å². The summed E-state index contributed by atoms with van der Waals surface area (Å²) in [7, 11) is 0. The maximum atomic E-state index is 15.5. The summed E-state index contributed by atoms with van der Waals surface area (Å²) in [6.07, 6.45) is 7.66. The van der Waals surface area contributed by atoms with Gasteiger partial charge < -0.3 is 4.74 Å². The number of halogens is 1. The monoisotopic (exact) mass is 364 g/mol. The summed E-state index contributed by atoms with van der Waals surface area (Å²) in [5.41, 5.74) is 1.76. The zero-order chi connectivity index (χ0) is 18.4. The van der Waals surface area contributed by atoms with E-state index >= 15 is 4.39 Å². The van der Waals surface area contributed by atoms with Gasteiger partial charge in [-0.05, 0) is 74.0 Å². The van der Waals surface area contributed by atoms with Gasteiger partial charge in [-0.3, -0.25) is 4.79 Å². The highest BCUT2D eigenvalue weighted by atomic mass is 19.1. The molecule has 0 amide bonds. The van der Waals surface area contributed by atoms with Gasteiger partial charge in [-0.15, -0.1) is 0 Å². The average Bonchev–Trinajstić information content (AvgIpc) is 2.66. The van der Waals surface area contributed by atoms with Gasteiger partial charge in [-0.2, -0.15) is 0 Å². The molecule has 0 unspecified atom stereocenters. The lowest BCUT2D eigenvalue weighted by atomic mass is 9.48. The molecule has 4 saturated carbocycles. The first kappa shape index (κ1) is 17.0. The summed E-state index contributed by atoms with van der Waals surface area (Å²) in [6.45, 7) is 0.417. The summed E-state index contributed by atoms with van der Waals surface area (Å²) in [6, 6.07) is 13.3. The first-order valence-corrected chi connectivity index (χ1v) is 10.1. The van der Waals surface area contributed by atoms with Gasteiger partial charge in [0.15, 0.2) is 6.29 Å². The number of benzene rings is 2. The molecule has 0 aromatic heterocycles. The van der Waals surface area contributed by atoms with E-state index in [0.29, 0.717) is 42.0 Å². The van der Waals surface area contributed by atoms with Crippen LogP contribution in [0.5, 0.6) is 5.75 Å². The molecule has 0 atom stereocenters. The Labute approximate surface area is 159 Å². The molecule has 0 radical (unpaired) electrons. The molecule has 0 N–H and O–H groups in total. The number of hydrogen-bond acceptors (Lipinski definition) is 2. The molecule has 6 rings (SSSR count). The van der Waals surface area contributed by atoms with Crippen LogP contribution in [0.1, 0.15) is 60.0 Å². The van der Waals surface area contributed by atoms with Gasteiger partial charge in [-0.1, -0.05) is 30.3 Å². The van der Waals surface area contributed by atoms with E-state index in [2.05, 4.69) is 0 Å². The summed E-state index contributed by atoms with van der Waals surface area (Å²) in [5.74, 6) is 2.40. The molecular formula is C24H25FO2. The number of aldehydes is 1. The first-order chi connectivity index (χ1) is 13.2. The molecule has 3 heteroatoms. The van der Waals surface area contributed by atoms with Crippen LogP contribution < -0.4 is 4.74 Å². The quantitative estimate of drug-likeness (QED) is 0.638. The highest BCUT2D eigenvalue weighted by molar-refractivity contribution is 5.76. The predicted molar refractivity (Wildman–Crippen MR) is 102 cm³/mol. The molecular weight excluding hydrogens is 339 g/mol. The molecule has 4 fully saturated rings. The van der Waals surface area contributed by atoms with Crippen molar-refractivity contribution >= 4 is 6.29 Å². The van der Waals surface area contributed by atoms with Gasteiger partial charge in [0.2, 0.25) is 0 Å². The van der Waals surface area contributed by atoms with Crippen LogP contribution >= 0.6 is 0 Å². The van der Waals surface area contributed by atoms with Crippen molar-refractivity contribution in [2.24, 2.45) is 17.8 Å².